The average Bonchev–Trinajstić information content (AvgIpc) is 2.16. The number of nitrogens with one attached hydrogen (secondary N) is 1. The Morgan fingerprint density at radius 2 is 1.73 bits per heavy atom. The van der Waals surface area contributed by atoms with Crippen molar-refractivity contribution in [3.05, 3.63) is 36.4 Å². The summed E-state index contributed by atoms with van der Waals surface area (Å²) >= 11 is 0. The molecule has 15 heavy (non-hydrogen) atoms. The molecule has 1 radical (unpaired) electrons. The molecule has 0 spiro atoms. The maximum Gasteiger partial charge on any atom is 0.358 e. The van der Waals surface area contributed by atoms with Gasteiger partial charge in [0.25, 0.3) is 0 Å². The molecule has 0 heterocycles. The molecule has 0 fully saturated rings. The first kappa shape index (κ1) is 10.2. The van der Waals surface area contributed by atoms with Crippen LogP contribution < -0.4 is 11.0 Å². The van der Waals surface area contributed by atoms with E-state index in [1.54, 1.807) is 24.3 Å². The lowest BCUT2D eigenvalue weighted by molar-refractivity contribution is 0.387. The van der Waals surface area contributed by atoms with Crippen molar-refractivity contribution < 1.29 is 14.4 Å². The highest BCUT2D eigenvalue weighted by Crippen LogP contribution is 2.38. The molecule has 0 saturated heterocycles. The van der Waals surface area contributed by atoms with Crippen LogP contribution >= 0.6 is 7.60 Å². The number of fused-ring (bicyclic) bond motifs is 1. The van der Waals surface area contributed by atoms with E-state index in [2.05, 4.69) is 0 Å². The topological polar surface area (TPSA) is 81.3 Å². The smallest absolute Gasteiger partial charge is 0.321 e. The molecule has 0 atom stereocenters. The highest BCUT2D eigenvalue weighted by molar-refractivity contribution is 7.60. The summed E-state index contributed by atoms with van der Waals surface area (Å²) in [6, 6.07) is 9.96. The van der Waals surface area contributed by atoms with Crippen molar-refractivity contribution in [1.29, 1.82) is 0 Å². The lowest BCUT2D eigenvalue weighted by Gasteiger charge is -2.09. The SMILES string of the molecule is [NH]c1c(P(=O)(O)O)ccc2ccccc12. The molecule has 0 amide bonds. The lowest BCUT2D eigenvalue weighted by atomic mass is 10.1. The van der Waals surface area contributed by atoms with Gasteiger partial charge in [0.05, 0.1) is 11.0 Å². The molecule has 2 rings (SSSR count). The van der Waals surface area contributed by atoms with Crippen LogP contribution in [0.1, 0.15) is 0 Å². The van der Waals surface area contributed by atoms with Crippen LogP contribution in [-0.4, -0.2) is 9.79 Å². The summed E-state index contributed by atoms with van der Waals surface area (Å²) in [5.41, 5.74) is 7.61. The third-order valence-corrected chi connectivity index (χ3v) is 3.22. The Hall–Kier alpha value is -1.35. The Kier molecular flexibility index (Phi) is 2.27. The van der Waals surface area contributed by atoms with E-state index >= 15 is 0 Å². The van der Waals surface area contributed by atoms with Gasteiger partial charge in [-0.15, -0.1) is 0 Å². The summed E-state index contributed by atoms with van der Waals surface area (Å²) in [6.07, 6.45) is 0. The number of hydrogen-bond acceptors (Lipinski definition) is 1. The molecule has 5 heteroatoms. The maximum atomic E-state index is 11.1. The summed E-state index contributed by atoms with van der Waals surface area (Å²) in [4.78, 5) is 18.0. The van der Waals surface area contributed by atoms with Crippen molar-refractivity contribution in [3.63, 3.8) is 0 Å². The van der Waals surface area contributed by atoms with Crippen LogP contribution in [0, 0.1) is 0 Å². The van der Waals surface area contributed by atoms with Crippen LogP contribution in [0.5, 0.6) is 0 Å². The minimum Gasteiger partial charge on any atom is -0.321 e. The van der Waals surface area contributed by atoms with Crippen LogP contribution in [-0.2, 0) is 4.57 Å². The fourth-order valence-corrected chi connectivity index (χ4v) is 2.18. The molecule has 0 aliphatic carbocycles. The average molecular weight is 222 g/mol. The number of benzene rings is 2. The molecule has 0 unspecified atom stereocenters. The molecule has 4 nitrogen and oxygen atoms in total. The van der Waals surface area contributed by atoms with Crippen LogP contribution in [0.15, 0.2) is 36.4 Å². The van der Waals surface area contributed by atoms with E-state index in [0.717, 1.165) is 5.39 Å². The molecular formula is C10H9NO3P. The Morgan fingerprint density at radius 1 is 1.07 bits per heavy atom. The maximum absolute atomic E-state index is 11.1. The van der Waals surface area contributed by atoms with E-state index in [-0.39, 0.29) is 11.0 Å². The minimum atomic E-state index is -4.35. The minimum absolute atomic E-state index is 0.0959. The standard InChI is InChI=1S/C10H9NO3P/c11-10-8-4-2-1-3-7(8)5-6-9(10)15(12,13)14/h1-6,11H,(H2,12,13,14). The van der Waals surface area contributed by atoms with Gasteiger partial charge in [-0.2, -0.15) is 0 Å². The summed E-state index contributed by atoms with van der Waals surface area (Å²) in [7, 11) is -4.35. The number of rotatable bonds is 1. The Bertz CT molecular complexity index is 562. The van der Waals surface area contributed by atoms with Gasteiger partial charge in [-0.1, -0.05) is 30.3 Å². The van der Waals surface area contributed by atoms with Gasteiger partial charge in [-0.3, -0.25) is 10.3 Å². The first-order valence-corrected chi connectivity index (χ1v) is 5.91. The van der Waals surface area contributed by atoms with Gasteiger partial charge in [-0.25, -0.2) is 0 Å². The van der Waals surface area contributed by atoms with E-state index in [0.29, 0.717) is 5.39 Å². The molecule has 2 aromatic carbocycles. The molecular weight excluding hydrogens is 213 g/mol. The van der Waals surface area contributed by atoms with Crippen LogP contribution in [0.4, 0.5) is 5.69 Å². The summed E-state index contributed by atoms with van der Waals surface area (Å²) < 4.78 is 11.1. The summed E-state index contributed by atoms with van der Waals surface area (Å²) in [6.45, 7) is 0. The van der Waals surface area contributed by atoms with Crippen molar-refractivity contribution in [3.8, 4) is 0 Å². The van der Waals surface area contributed by atoms with Gasteiger partial charge >= 0.3 is 7.60 Å². The summed E-state index contributed by atoms with van der Waals surface area (Å²) in [5, 5.41) is 1.14. The van der Waals surface area contributed by atoms with Crippen molar-refractivity contribution in [2.45, 2.75) is 0 Å². The highest BCUT2D eigenvalue weighted by Gasteiger charge is 2.21. The number of hydrogen-bond donors (Lipinski definition) is 2. The molecule has 2 aromatic rings. The van der Waals surface area contributed by atoms with E-state index < -0.39 is 7.60 Å². The zero-order chi connectivity index (χ0) is 11.1. The first-order valence-electron chi connectivity index (χ1n) is 4.29. The van der Waals surface area contributed by atoms with Gasteiger partial charge < -0.3 is 9.79 Å². The molecule has 0 saturated carbocycles. The monoisotopic (exact) mass is 222 g/mol. The molecule has 3 N–H and O–H groups in total. The largest absolute Gasteiger partial charge is 0.358 e. The third kappa shape index (κ3) is 1.75. The Labute approximate surface area is 86.5 Å². The highest BCUT2D eigenvalue weighted by atomic mass is 31.2. The molecule has 0 aliphatic heterocycles. The van der Waals surface area contributed by atoms with E-state index in [1.165, 1.54) is 6.07 Å². The normalized spacial score (nSPS) is 11.9. The third-order valence-electron chi connectivity index (χ3n) is 2.22. The second-order valence-electron chi connectivity index (χ2n) is 3.22. The Balaban J connectivity index is 2.82. The second kappa shape index (κ2) is 3.35. The fraction of sp³-hybridized carbons (Fsp3) is 0. The van der Waals surface area contributed by atoms with Crippen molar-refractivity contribution in [1.82, 2.24) is 5.73 Å². The van der Waals surface area contributed by atoms with Crippen LogP contribution in [0.25, 0.3) is 10.8 Å². The van der Waals surface area contributed by atoms with Gasteiger partial charge in [-0.05, 0) is 11.5 Å². The molecule has 0 aromatic heterocycles. The molecule has 0 aliphatic rings. The van der Waals surface area contributed by atoms with E-state index in [9.17, 15) is 4.57 Å². The molecule has 77 valence electrons. The Morgan fingerprint density at radius 3 is 2.40 bits per heavy atom. The van der Waals surface area contributed by atoms with E-state index in [4.69, 9.17) is 15.5 Å². The van der Waals surface area contributed by atoms with E-state index in [1.807, 2.05) is 6.07 Å². The van der Waals surface area contributed by atoms with Crippen molar-refractivity contribution in [2.24, 2.45) is 0 Å². The zero-order valence-corrected chi connectivity index (χ0v) is 8.61. The summed E-state index contributed by atoms with van der Waals surface area (Å²) in [5.74, 6) is 0. The van der Waals surface area contributed by atoms with Gasteiger partial charge in [0.15, 0.2) is 0 Å². The lowest BCUT2D eigenvalue weighted by Crippen LogP contribution is -2.05. The quantitative estimate of drug-likeness (QED) is 0.718. The zero-order valence-electron chi connectivity index (χ0n) is 7.71. The van der Waals surface area contributed by atoms with Crippen LogP contribution in [0.2, 0.25) is 0 Å². The first-order chi connectivity index (χ1) is 7.00. The van der Waals surface area contributed by atoms with Crippen molar-refractivity contribution in [2.75, 3.05) is 0 Å². The predicted octanol–water partition coefficient (Wildman–Crippen LogP) is 1.56. The van der Waals surface area contributed by atoms with Gasteiger partial charge in [0, 0.05) is 5.39 Å². The molecule has 0 bridgehead atoms. The van der Waals surface area contributed by atoms with Gasteiger partial charge in [0.2, 0.25) is 0 Å². The second-order valence-corrected chi connectivity index (χ2v) is 4.79. The van der Waals surface area contributed by atoms with Gasteiger partial charge in [0.1, 0.15) is 0 Å². The predicted molar refractivity (Wildman–Crippen MR) is 58.4 cm³/mol. The fourth-order valence-electron chi connectivity index (χ4n) is 1.50. The van der Waals surface area contributed by atoms with Crippen molar-refractivity contribution >= 4 is 29.4 Å². The van der Waals surface area contributed by atoms with Crippen LogP contribution in [0.3, 0.4) is 0 Å².